The van der Waals surface area contributed by atoms with Gasteiger partial charge in [0.15, 0.2) is 0 Å². The van der Waals surface area contributed by atoms with Gasteiger partial charge in [0.25, 0.3) is 0 Å². The molecule has 0 saturated carbocycles. The second-order valence-corrected chi connectivity index (χ2v) is 11.4. The number of thiophene rings is 6. The van der Waals surface area contributed by atoms with E-state index in [4.69, 9.17) is 0 Å². The molecule has 0 atom stereocenters. The molecule has 24 heavy (non-hydrogen) atoms. The van der Waals surface area contributed by atoms with E-state index >= 15 is 0 Å². The number of hydrogen-bond donors (Lipinski definition) is 0. The second-order valence-electron chi connectivity index (χ2n) is 5.46. The van der Waals surface area contributed by atoms with Gasteiger partial charge >= 0.3 is 0 Å². The summed E-state index contributed by atoms with van der Waals surface area (Å²) in [5.74, 6) is 0. The minimum absolute atomic E-state index is 1.36. The van der Waals surface area contributed by atoms with E-state index in [1.54, 1.807) is 0 Å². The third-order valence-electron chi connectivity index (χ3n) is 4.02. The molecule has 6 heterocycles. The van der Waals surface area contributed by atoms with Crippen LogP contribution in [0.2, 0.25) is 0 Å². The molecule has 0 nitrogen and oxygen atoms in total. The quantitative estimate of drug-likeness (QED) is 0.264. The molecule has 0 aliphatic carbocycles. The first-order chi connectivity index (χ1) is 11.9. The maximum atomic E-state index is 2.39. The maximum Gasteiger partial charge on any atom is 0.0650 e. The summed E-state index contributed by atoms with van der Waals surface area (Å²) in [6, 6.07) is 11.3. The van der Waals surface area contributed by atoms with Crippen LogP contribution in [0.15, 0.2) is 46.5 Å². The van der Waals surface area contributed by atoms with E-state index in [-0.39, 0.29) is 0 Å². The minimum Gasteiger partial charge on any atom is -0.143 e. The van der Waals surface area contributed by atoms with Crippen molar-refractivity contribution in [2.75, 3.05) is 0 Å². The highest BCUT2D eigenvalue weighted by molar-refractivity contribution is 7.44. The van der Waals surface area contributed by atoms with Gasteiger partial charge in [-0.15, -0.1) is 68.0 Å². The van der Waals surface area contributed by atoms with Gasteiger partial charge in [-0.3, -0.25) is 0 Å². The zero-order valence-electron chi connectivity index (χ0n) is 12.1. The molecule has 0 aromatic carbocycles. The Balaban J connectivity index is 1.52. The SMILES string of the molecule is c1csc(-c2cc(-c3cc4sc5c6sccc6sc5c4s3)cs2)c1. The molecule has 6 aromatic rings. The molecule has 0 aliphatic rings. The van der Waals surface area contributed by atoms with E-state index in [0.29, 0.717) is 0 Å². The van der Waals surface area contributed by atoms with Gasteiger partial charge in [-0.25, -0.2) is 0 Å². The molecule has 0 aliphatic heterocycles. The molecule has 0 bridgehead atoms. The first-order valence-corrected chi connectivity index (χ1v) is 12.4. The van der Waals surface area contributed by atoms with Crippen LogP contribution in [0.5, 0.6) is 0 Å². The Hall–Kier alpha value is -1.02. The van der Waals surface area contributed by atoms with E-state index in [2.05, 4.69) is 46.5 Å². The molecule has 6 rings (SSSR count). The van der Waals surface area contributed by atoms with Crippen molar-refractivity contribution in [2.45, 2.75) is 0 Å². The van der Waals surface area contributed by atoms with Gasteiger partial charge in [0.2, 0.25) is 0 Å². The van der Waals surface area contributed by atoms with Crippen LogP contribution in [0.4, 0.5) is 0 Å². The largest absolute Gasteiger partial charge is 0.143 e. The molecule has 0 N–H and O–H groups in total. The molecule has 0 amide bonds. The Morgan fingerprint density at radius 2 is 1.50 bits per heavy atom. The van der Waals surface area contributed by atoms with Gasteiger partial charge < -0.3 is 0 Å². The first kappa shape index (κ1) is 14.2. The van der Waals surface area contributed by atoms with Crippen molar-refractivity contribution in [1.29, 1.82) is 0 Å². The summed E-state index contributed by atoms with van der Waals surface area (Å²) >= 11 is 11.4. The van der Waals surface area contributed by atoms with Crippen molar-refractivity contribution >= 4 is 96.2 Å². The summed E-state index contributed by atoms with van der Waals surface area (Å²) in [5.41, 5.74) is 1.36. The molecule has 0 saturated heterocycles. The molecular formula is C18H8S6. The van der Waals surface area contributed by atoms with Gasteiger partial charge in [0.1, 0.15) is 0 Å². The number of hydrogen-bond acceptors (Lipinski definition) is 6. The van der Waals surface area contributed by atoms with Gasteiger partial charge in [-0.2, -0.15) is 0 Å². The van der Waals surface area contributed by atoms with E-state index in [9.17, 15) is 0 Å². The number of fused-ring (bicyclic) bond motifs is 5. The monoisotopic (exact) mass is 416 g/mol. The zero-order chi connectivity index (χ0) is 15.7. The lowest BCUT2D eigenvalue weighted by molar-refractivity contribution is 1.90. The first-order valence-electron chi connectivity index (χ1n) is 7.31. The lowest BCUT2D eigenvalue weighted by atomic mass is 10.2. The molecule has 6 heteroatoms. The maximum absolute atomic E-state index is 2.39. The third kappa shape index (κ3) is 1.98. The van der Waals surface area contributed by atoms with Crippen LogP contribution in [-0.4, -0.2) is 0 Å². The Kier molecular flexibility index (Phi) is 3.09. The summed E-state index contributed by atoms with van der Waals surface area (Å²) < 4.78 is 8.80. The fourth-order valence-corrected chi connectivity index (χ4v) is 10.1. The van der Waals surface area contributed by atoms with Crippen LogP contribution in [-0.2, 0) is 0 Å². The van der Waals surface area contributed by atoms with Crippen molar-refractivity contribution < 1.29 is 0 Å². The Bertz CT molecular complexity index is 1300. The van der Waals surface area contributed by atoms with Gasteiger partial charge in [-0.1, -0.05) is 6.07 Å². The van der Waals surface area contributed by atoms with Gasteiger partial charge in [-0.05, 0) is 35.0 Å². The van der Waals surface area contributed by atoms with Crippen molar-refractivity contribution in [2.24, 2.45) is 0 Å². The van der Waals surface area contributed by atoms with Crippen LogP contribution >= 0.6 is 68.0 Å². The predicted octanol–water partition coefficient (Wildman–Crippen LogP) is 8.85. The van der Waals surface area contributed by atoms with Gasteiger partial charge in [0, 0.05) is 35.0 Å². The smallest absolute Gasteiger partial charge is 0.0650 e. The highest BCUT2D eigenvalue weighted by Gasteiger charge is 2.17. The fraction of sp³-hybridized carbons (Fsp3) is 0. The van der Waals surface area contributed by atoms with Crippen molar-refractivity contribution in [1.82, 2.24) is 0 Å². The molecule has 0 radical (unpaired) electrons. The molecule has 116 valence electrons. The fourth-order valence-electron chi connectivity index (χ4n) is 2.92. The highest BCUT2D eigenvalue weighted by atomic mass is 32.1. The Labute approximate surface area is 161 Å². The van der Waals surface area contributed by atoms with E-state index in [1.807, 2.05) is 68.0 Å². The van der Waals surface area contributed by atoms with Crippen LogP contribution in [0.25, 0.3) is 48.4 Å². The molecule has 6 aromatic heterocycles. The van der Waals surface area contributed by atoms with Crippen molar-refractivity contribution in [3.8, 4) is 20.2 Å². The zero-order valence-corrected chi connectivity index (χ0v) is 17.0. The van der Waals surface area contributed by atoms with Crippen LogP contribution in [0, 0.1) is 0 Å². The predicted molar refractivity (Wildman–Crippen MR) is 117 cm³/mol. The second kappa shape index (κ2) is 5.24. The summed E-state index contributed by atoms with van der Waals surface area (Å²) in [6.45, 7) is 0. The standard InChI is InChI=1S/C18H8S6/c1-2-10(19-4-1)13-6-9(8-21-13)12-7-14-16(23-12)18-17(24-14)15-11(22-18)3-5-20-15/h1-8H. The number of rotatable bonds is 2. The Morgan fingerprint density at radius 3 is 2.42 bits per heavy atom. The summed E-state index contributed by atoms with van der Waals surface area (Å²) in [6.07, 6.45) is 0. The van der Waals surface area contributed by atoms with Crippen molar-refractivity contribution in [3.63, 3.8) is 0 Å². The van der Waals surface area contributed by atoms with Crippen LogP contribution in [0.3, 0.4) is 0 Å². The lowest BCUT2D eigenvalue weighted by Gasteiger charge is -1.90. The summed E-state index contributed by atoms with van der Waals surface area (Å²) in [7, 11) is 0. The average Bonchev–Trinajstić information content (AvgIpc) is 3.36. The summed E-state index contributed by atoms with van der Waals surface area (Å²) in [4.78, 5) is 4.14. The normalized spacial score (nSPS) is 12.2. The highest BCUT2D eigenvalue weighted by Crippen LogP contribution is 2.50. The van der Waals surface area contributed by atoms with Crippen molar-refractivity contribution in [3.05, 3.63) is 46.5 Å². The van der Waals surface area contributed by atoms with Crippen LogP contribution in [0.1, 0.15) is 0 Å². The molecular weight excluding hydrogens is 409 g/mol. The topological polar surface area (TPSA) is 0 Å². The van der Waals surface area contributed by atoms with Crippen LogP contribution < -0.4 is 0 Å². The van der Waals surface area contributed by atoms with Gasteiger partial charge in [0.05, 0.1) is 18.8 Å². The lowest BCUT2D eigenvalue weighted by Crippen LogP contribution is -1.62. The average molecular weight is 417 g/mol. The van der Waals surface area contributed by atoms with E-state index in [0.717, 1.165) is 0 Å². The van der Waals surface area contributed by atoms with E-state index in [1.165, 1.54) is 48.4 Å². The molecule has 0 fully saturated rings. The van der Waals surface area contributed by atoms with E-state index < -0.39 is 0 Å². The molecule has 0 spiro atoms. The Morgan fingerprint density at radius 1 is 0.583 bits per heavy atom. The summed E-state index contributed by atoms with van der Waals surface area (Å²) in [5, 5.41) is 6.65. The molecule has 0 unspecified atom stereocenters. The minimum atomic E-state index is 1.36. The third-order valence-corrected chi connectivity index (χ3v) is 11.1.